The number of aliphatic imine (C=N–C) groups is 1. The standard InChI is InChI=1S/C22H35N5S.HI/c1-5-20-16-25-21(28-20)13-14-24-22(23-6-2)26-15-18-9-11-19(12-10-18)17-27(7-3)8-4;/h9-12,16H,5-8,13-15,17H2,1-4H3,(H2,23,24,26);1H. The van der Waals surface area contributed by atoms with Crippen LogP contribution in [0.5, 0.6) is 0 Å². The van der Waals surface area contributed by atoms with E-state index in [1.165, 1.54) is 21.0 Å². The number of nitrogens with zero attached hydrogens (tertiary/aromatic N) is 3. The van der Waals surface area contributed by atoms with E-state index in [4.69, 9.17) is 4.99 Å². The quantitative estimate of drug-likeness (QED) is 0.257. The van der Waals surface area contributed by atoms with Gasteiger partial charge in [-0.05, 0) is 37.6 Å². The molecule has 1 aromatic carbocycles. The average molecular weight is 530 g/mol. The van der Waals surface area contributed by atoms with Gasteiger partial charge in [0.05, 0.1) is 11.6 Å². The lowest BCUT2D eigenvalue weighted by Crippen LogP contribution is -2.38. The molecule has 0 saturated heterocycles. The van der Waals surface area contributed by atoms with Crippen molar-refractivity contribution in [1.82, 2.24) is 20.5 Å². The second kappa shape index (κ2) is 14.7. The van der Waals surface area contributed by atoms with Gasteiger partial charge in [0.15, 0.2) is 5.96 Å². The van der Waals surface area contributed by atoms with Gasteiger partial charge in [-0.2, -0.15) is 0 Å². The molecule has 0 aliphatic carbocycles. The molecule has 0 atom stereocenters. The fourth-order valence-electron chi connectivity index (χ4n) is 2.88. The number of thiazole rings is 1. The zero-order valence-electron chi connectivity index (χ0n) is 18.2. The normalized spacial score (nSPS) is 11.4. The van der Waals surface area contributed by atoms with Crippen LogP contribution in [-0.4, -0.2) is 42.0 Å². The van der Waals surface area contributed by atoms with E-state index in [9.17, 15) is 0 Å². The van der Waals surface area contributed by atoms with Gasteiger partial charge in [-0.3, -0.25) is 4.90 Å². The van der Waals surface area contributed by atoms with E-state index < -0.39 is 0 Å². The Balaban J connectivity index is 0.00000420. The molecule has 1 heterocycles. The topological polar surface area (TPSA) is 52.6 Å². The third-order valence-corrected chi connectivity index (χ3v) is 5.87. The van der Waals surface area contributed by atoms with E-state index in [0.717, 1.165) is 51.5 Å². The first-order valence-corrected chi connectivity index (χ1v) is 11.3. The van der Waals surface area contributed by atoms with Crippen LogP contribution in [0.4, 0.5) is 0 Å². The van der Waals surface area contributed by atoms with Gasteiger partial charge in [0.1, 0.15) is 0 Å². The van der Waals surface area contributed by atoms with Crippen molar-refractivity contribution in [2.75, 3.05) is 26.2 Å². The molecule has 0 spiro atoms. The van der Waals surface area contributed by atoms with Crippen LogP contribution in [-0.2, 0) is 25.9 Å². The van der Waals surface area contributed by atoms with E-state index in [0.29, 0.717) is 6.54 Å². The zero-order valence-corrected chi connectivity index (χ0v) is 21.3. The molecule has 7 heteroatoms. The second-order valence-electron chi connectivity index (χ2n) is 6.72. The molecule has 0 aliphatic rings. The minimum absolute atomic E-state index is 0. The summed E-state index contributed by atoms with van der Waals surface area (Å²) in [6.45, 7) is 14.2. The SMILES string of the molecule is CCNC(=NCc1ccc(CN(CC)CC)cc1)NCCc1ncc(CC)s1.I. The van der Waals surface area contributed by atoms with Crippen molar-refractivity contribution in [3.8, 4) is 0 Å². The number of aromatic nitrogens is 1. The van der Waals surface area contributed by atoms with Crippen LogP contribution in [0.15, 0.2) is 35.5 Å². The van der Waals surface area contributed by atoms with Crippen LogP contribution in [0, 0.1) is 0 Å². The molecule has 5 nitrogen and oxygen atoms in total. The molecule has 1 aromatic heterocycles. The first kappa shape index (κ1) is 25.8. The molecule has 0 aliphatic heterocycles. The van der Waals surface area contributed by atoms with E-state index in [2.05, 4.69) is 72.5 Å². The summed E-state index contributed by atoms with van der Waals surface area (Å²) in [5.74, 6) is 0.863. The maximum atomic E-state index is 4.73. The van der Waals surface area contributed by atoms with Gasteiger partial charge in [0.25, 0.3) is 0 Å². The van der Waals surface area contributed by atoms with Gasteiger partial charge < -0.3 is 10.6 Å². The number of nitrogens with one attached hydrogen (secondary N) is 2. The van der Waals surface area contributed by atoms with Gasteiger partial charge in [0.2, 0.25) is 0 Å². The minimum Gasteiger partial charge on any atom is -0.357 e. The smallest absolute Gasteiger partial charge is 0.191 e. The van der Waals surface area contributed by atoms with Crippen molar-refractivity contribution < 1.29 is 0 Å². The Labute approximate surface area is 197 Å². The van der Waals surface area contributed by atoms with Gasteiger partial charge >= 0.3 is 0 Å². The van der Waals surface area contributed by atoms with E-state index in [-0.39, 0.29) is 24.0 Å². The monoisotopic (exact) mass is 529 g/mol. The number of hydrogen-bond donors (Lipinski definition) is 2. The lowest BCUT2D eigenvalue weighted by Gasteiger charge is -2.18. The summed E-state index contributed by atoms with van der Waals surface area (Å²) in [4.78, 5) is 13.0. The van der Waals surface area contributed by atoms with Gasteiger partial charge in [-0.25, -0.2) is 9.98 Å². The van der Waals surface area contributed by atoms with Crippen LogP contribution in [0.25, 0.3) is 0 Å². The van der Waals surface area contributed by atoms with Gasteiger partial charge in [-0.1, -0.05) is 45.0 Å². The average Bonchev–Trinajstić information content (AvgIpc) is 3.19. The van der Waals surface area contributed by atoms with Crippen molar-refractivity contribution >= 4 is 41.3 Å². The molecular weight excluding hydrogens is 493 g/mol. The van der Waals surface area contributed by atoms with E-state index in [1.54, 1.807) is 11.3 Å². The Morgan fingerprint density at radius 2 is 1.72 bits per heavy atom. The largest absolute Gasteiger partial charge is 0.357 e. The Bertz CT molecular complexity index is 710. The predicted molar refractivity (Wildman–Crippen MR) is 136 cm³/mol. The minimum atomic E-state index is 0. The predicted octanol–water partition coefficient (Wildman–Crippen LogP) is 4.46. The molecule has 0 bridgehead atoms. The summed E-state index contributed by atoms with van der Waals surface area (Å²) < 4.78 is 0. The van der Waals surface area contributed by atoms with Crippen molar-refractivity contribution in [3.63, 3.8) is 0 Å². The van der Waals surface area contributed by atoms with Crippen molar-refractivity contribution in [3.05, 3.63) is 51.5 Å². The van der Waals surface area contributed by atoms with E-state index >= 15 is 0 Å². The number of guanidine groups is 1. The number of rotatable bonds is 11. The fraction of sp³-hybridized carbons (Fsp3) is 0.545. The summed E-state index contributed by atoms with van der Waals surface area (Å²) in [7, 11) is 0. The summed E-state index contributed by atoms with van der Waals surface area (Å²) in [6.07, 6.45) is 3.97. The number of aryl methyl sites for hydroxylation is 1. The van der Waals surface area contributed by atoms with Gasteiger partial charge in [0, 0.05) is 37.1 Å². The van der Waals surface area contributed by atoms with Crippen molar-refractivity contribution in [1.29, 1.82) is 0 Å². The van der Waals surface area contributed by atoms with Crippen LogP contribution < -0.4 is 10.6 Å². The third kappa shape index (κ3) is 9.44. The first-order chi connectivity index (χ1) is 13.7. The summed E-state index contributed by atoms with van der Waals surface area (Å²) in [5, 5.41) is 7.93. The molecule has 162 valence electrons. The molecule has 0 fully saturated rings. The lowest BCUT2D eigenvalue weighted by molar-refractivity contribution is 0.296. The fourth-order valence-corrected chi connectivity index (χ4v) is 3.74. The van der Waals surface area contributed by atoms with Gasteiger partial charge in [-0.15, -0.1) is 35.3 Å². The molecule has 2 N–H and O–H groups in total. The number of halogens is 1. The third-order valence-electron chi connectivity index (χ3n) is 4.67. The molecule has 0 amide bonds. The maximum absolute atomic E-state index is 4.73. The number of benzene rings is 1. The summed E-state index contributed by atoms with van der Waals surface area (Å²) >= 11 is 1.80. The summed E-state index contributed by atoms with van der Waals surface area (Å²) in [6, 6.07) is 8.82. The molecule has 0 radical (unpaired) electrons. The zero-order chi connectivity index (χ0) is 20.2. The molecule has 29 heavy (non-hydrogen) atoms. The van der Waals surface area contributed by atoms with Crippen LogP contribution >= 0.6 is 35.3 Å². The van der Waals surface area contributed by atoms with E-state index in [1.807, 2.05) is 6.20 Å². The lowest BCUT2D eigenvalue weighted by atomic mass is 10.1. The highest BCUT2D eigenvalue weighted by molar-refractivity contribution is 14.0. The highest BCUT2D eigenvalue weighted by Crippen LogP contribution is 2.13. The Kier molecular flexibility index (Phi) is 13.1. The molecular formula is C22H36IN5S. The summed E-state index contributed by atoms with van der Waals surface area (Å²) in [5.41, 5.74) is 2.59. The van der Waals surface area contributed by atoms with Crippen molar-refractivity contribution in [2.45, 2.75) is 53.6 Å². The Morgan fingerprint density at radius 3 is 2.31 bits per heavy atom. The number of hydrogen-bond acceptors (Lipinski definition) is 4. The molecule has 0 unspecified atom stereocenters. The Morgan fingerprint density at radius 1 is 1.03 bits per heavy atom. The molecule has 0 saturated carbocycles. The second-order valence-corrected chi connectivity index (χ2v) is 7.92. The maximum Gasteiger partial charge on any atom is 0.191 e. The molecule has 2 aromatic rings. The highest BCUT2D eigenvalue weighted by atomic mass is 127. The van der Waals surface area contributed by atoms with Crippen LogP contribution in [0.3, 0.4) is 0 Å². The van der Waals surface area contributed by atoms with Crippen LogP contribution in [0.1, 0.15) is 48.7 Å². The molecule has 2 rings (SSSR count). The van der Waals surface area contributed by atoms with Crippen LogP contribution in [0.2, 0.25) is 0 Å². The first-order valence-electron chi connectivity index (χ1n) is 10.4. The Hall–Kier alpha value is -1.19. The van der Waals surface area contributed by atoms with Crippen molar-refractivity contribution in [2.24, 2.45) is 4.99 Å². The highest BCUT2D eigenvalue weighted by Gasteiger charge is 2.03.